The molecular formula is C11H12FN. The van der Waals surface area contributed by atoms with Crippen molar-refractivity contribution in [2.45, 2.75) is 18.6 Å². The number of nitrogens with two attached hydrogens (primary N) is 1. The second-order valence-corrected chi connectivity index (χ2v) is 3.41. The second kappa shape index (κ2) is 2.96. The lowest BCUT2D eigenvalue weighted by Gasteiger charge is -2.06. The van der Waals surface area contributed by atoms with Crippen LogP contribution in [0.15, 0.2) is 24.8 Å². The number of halogens is 1. The Balaban J connectivity index is 2.46. The molecule has 0 amide bonds. The molecule has 1 aliphatic carbocycles. The lowest BCUT2D eigenvalue weighted by molar-refractivity contribution is 0.303. The summed E-state index contributed by atoms with van der Waals surface area (Å²) in [6.07, 6.45) is 1.28. The van der Waals surface area contributed by atoms with Crippen LogP contribution in [0.3, 0.4) is 0 Å². The Hall–Kier alpha value is -1.15. The number of benzene rings is 1. The molecule has 0 heterocycles. The zero-order valence-corrected chi connectivity index (χ0v) is 7.33. The van der Waals surface area contributed by atoms with Gasteiger partial charge in [-0.3, -0.25) is 0 Å². The molecule has 0 fully saturated rings. The Morgan fingerprint density at radius 1 is 1.54 bits per heavy atom. The summed E-state index contributed by atoms with van der Waals surface area (Å²) in [5, 5.41) is 0. The maximum atomic E-state index is 13.2. The highest BCUT2D eigenvalue weighted by molar-refractivity contribution is 5.52. The zero-order valence-electron chi connectivity index (χ0n) is 7.33. The number of rotatable bonds is 1. The normalized spacial score (nSPS) is 25.7. The molecule has 1 aromatic rings. The van der Waals surface area contributed by atoms with Crippen LogP contribution in [0.4, 0.5) is 4.39 Å². The number of hydrogen-bond acceptors (Lipinski definition) is 1. The Kier molecular flexibility index (Phi) is 1.93. The minimum absolute atomic E-state index is 0.436. The Labute approximate surface area is 77.1 Å². The van der Waals surface area contributed by atoms with Crippen LogP contribution in [0.1, 0.15) is 22.7 Å². The maximum Gasteiger partial charge on any atom is 0.123 e. The Morgan fingerprint density at radius 2 is 2.31 bits per heavy atom. The maximum absolute atomic E-state index is 13.2. The molecule has 2 N–H and O–H groups in total. The van der Waals surface area contributed by atoms with Crippen LogP contribution >= 0.6 is 0 Å². The molecule has 0 aromatic heterocycles. The largest absolute Gasteiger partial charge is 0.322 e. The second-order valence-electron chi connectivity index (χ2n) is 3.41. The molecule has 68 valence electrons. The molecule has 0 aliphatic heterocycles. The predicted octanol–water partition coefficient (Wildman–Crippen LogP) is 2.22. The van der Waals surface area contributed by atoms with Crippen LogP contribution in [-0.2, 0) is 6.42 Å². The quantitative estimate of drug-likeness (QED) is 0.699. The standard InChI is InChI=1S/C11H12FN/c1-2-7-3-4-9-8(5-7)6-10(12)11(9)13/h2-5,10-11H,1,6,13H2/t10?,11-/m1/s1. The fraction of sp³-hybridized carbons (Fsp3) is 0.273. The van der Waals surface area contributed by atoms with Gasteiger partial charge >= 0.3 is 0 Å². The van der Waals surface area contributed by atoms with E-state index in [4.69, 9.17) is 5.73 Å². The van der Waals surface area contributed by atoms with E-state index in [0.29, 0.717) is 6.42 Å². The molecule has 1 nitrogen and oxygen atoms in total. The van der Waals surface area contributed by atoms with E-state index in [1.165, 1.54) is 0 Å². The van der Waals surface area contributed by atoms with Gasteiger partial charge in [-0.25, -0.2) is 4.39 Å². The predicted molar refractivity (Wildman–Crippen MR) is 52.1 cm³/mol. The molecule has 13 heavy (non-hydrogen) atoms. The summed E-state index contributed by atoms with van der Waals surface area (Å²) in [7, 11) is 0. The first-order valence-electron chi connectivity index (χ1n) is 4.37. The summed E-state index contributed by atoms with van der Waals surface area (Å²) in [6, 6.07) is 5.34. The number of alkyl halides is 1. The van der Waals surface area contributed by atoms with Crippen molar-refractivity contribution in [2.75, 3.05) is 0 Å². The molecule has 2 atom stereocenters. The van der Waals surface area contributed by atoms with Gasteiger partial charge in [0.2, 0.25) is 0 Å². The summed E-state index contributed by atoms with van der Waals surface area (Å²) in [5.74, 6) is 0. The average Bonchev–Trinajstić information content (AvgIpc) is 2.42. The van der Waals surface area contributed by atoms with Crippen molar-refractivity contribution in [1.29, 1.82) is 0 Å². The first-order chi connectivity index (χ1) is 6.22. The van der Waals surface area contributed by atoms with E-state index in [9.17, 15) is 4.39 Å². The highest BCUT2D eigenvalue weighted by atomic mass is 19.1. The first-order valence-corrected chi connectivity index (χ1v) is 4.37. The van der Waals surface area contributed by atoms with Gasteiger partial charge in [-0.15, -0.1) is 0 Å². The molecule has 0 radical (unpaired) electrons. The van der Waals surface area contributed by atoms with Gasteiger partial charge in [-0.05, 0) is 16.7 Å². The van der Waals surface area contributed by atoms with Crippen LogP contribution in [0.5, 0.6) is 0 Å². The van der Waals surface area contributed by atoms with Crippen molar-refractivity contribution in [3.63, 3.8) is 0 Å². The van der Waals surface area contributed by atoms with E-state index < -0.39 is 12.2 Å². The fourth-order valence-corrected chi connectivity index (χ4v) is 1.79. The summed E-state index contributed by atoms with van der Waals surface area (Å²) in [6.45, 7) is 3.67. The minimum atomic E-state index is -0.921. The molecule has 2 heteroatoms. The number of fused-ring (bicyclic) bond motifs is 1. The van der Waals surface area contributed by atoms with Crippen LogP contribution in [-0.4, -0.2) is 6.17 Å². The van der Waals surface area contributed by atoms with Crippen molar-refractivity contribution in [3.8, 4) is 0 Å². The van der Waals surface area contributed by atoms with Gasteiger partial charge in [-0.2, -0.15) is 0 Å². The molecule has 0 saturated carbocycles. The topological polar surface area (TPSA) is 26.0 Å². The minimum Gasteiger partial charge on any atom is -0.322 e. The van der Waals surface area contributed by atoms with Crippen LogP contribution in [0.25, 0.3) is 6.08 Å². The first kappa shape index (κ1) is 8.45. The van der Waals surface area contributed by atoms with E-state index in [1.807, 2.05) is 18.2 Å². The van der Waals surface area contributed by atoms with Gasteiger partial charge in [-0.1, -0.05) is 30.9 Å². The molecule has 2 rings (SSSR count). The van der Waals surface area contributed by atoms with E-state index in [-0.39, 0.29) is 0 Å². The molecule has 1 aliphatic rings. The third kappa shape index (κ3) is 1.27. The lowest BCUT2D eigenvalue weighted by Crippen LogP contribution is -2.17. The molecule has 0 saturated heterocycles. The number of hydrogen-bond donors (Lipinski definition) is 1. The van der Waals surface area contributed by atoms with Gasteiger partial charge in [0.15, 0.2) is 0 Å². The highest BCUT2D eigenvalue weighted by Gasteiger charge is 2.29. The van der Waals surface area contributed by atoms with Gasteiger partial charge < -0.3 is 5.73 Å². The van der Waals surface area contributed by atoms with Crippen molar-refractivity contribution in [2.24, 2.45) is 5.73 Å². The van der Waals surface area contributed by atoms with E-state index in [2.05, 4.69) is 6.58 Å². The molecular weight excluding hydrogens is 165 g/mol. The molecule has 0 bridgehead atoms. The Morgan fingerprint density at radius 3 is 3.00 bits per heavy atom. The summed E-state index contributed by atoms with van der Waals surface area (Å²) in [5.41, 5.74) is 8.68. The smallest absolute Gasteiger partial charge is 0.123 e. The third-order valence-electron chi connectivity index (χ3n) is 2.57. The van der Waals surface area contributed by atoms with Crippen molar-refractivity contribution in [1.82, 2.24) is 0 Å². The van der Waals surface area contributed by atoms with Crippen LogP contribution in [0, 0.1) is 0 Å². The van der Waals surface area contributed by atoms with Gasteiger partial charge in [0.1, 0.15) is 6.17 Å². The van der Waals surface area contributed by atoms with Crippen LogP contribution in [0.2, 0.25) is 0 Å². The SMILES string of the molecule is C=Cc1ccc2c(c1)CC(F)[C@@H]2N. The monoisotopic (exact) mass is 177 g/mol. The van der Waals surface area contributed by atoms with Crippen molar-refractivity contribution < 1.29 is 4.39 Å². The molecule has 0 spiro atoms. The van der Waals surface area contributed by atoms with Crippen molar-refractivity contribution in [3.05, 3.63) is 41.5 Å². The summed E-state index contributed by atoms with van der Waals surface area (Å²) < 4.78 is 13.2. The summed E-state index contributed by atoms with van der Waals surface area (Å²) >= 11 is 0. The average molecular weight is 177 g/mol. The lowest BCUT2D eigenvalue weighted by atomic mass is 10.1. The zero-order chi connectivity index (χ0) is 9.42. The Bertz CT molecular complexity index is 346. The third-order valence-corrected chi connectivity index (χ3v) is 2.57. The van der Waals surface area contributed by atoms with Crippen molar-refractivity contribution >= 4 is 6.08 Å². The van der Waals surface area contributed by atoms with E-state index in [0.717, 1.165) is 16.7 Å². The van der Waals surface area contributed by atoms with Gasteiger partial charge in [0, 0.05) is 6.42 Å². The van der Waals surface area contributed by atoms with E-state index >= 15 is 0 Å². The highest BCUT2D eigenvalue weighted by Crippen LogP contribution is 2.32. The molecule has 1 aromatic carbocycles. The summed E-state index contributed by atoms with van der Waals surface area (Å²) in [4.78, 5) is 0. The van der Waals surface area contributed by atoms with Crippen LogP contribution < -0.4 is 5.73 Å². The van der Waals surface area contributed by atoms with E-state index in [1.54, 1.807) is 6.08 Å². The van der Waals surface area contributed by atoms with Gasteiger partial charge in [0.05, 0.1) is 6.04 Å². The fourth-order valence-electron chi connectivity index (χ4n) is 1.79. The van der Waals surface area contributed by atoms with Gasteiger partial charge in [0.25, 0.3) is 0 Å². The molecule has 1 unspecified atom stereocenters.